The summed E-state index contributed by atoms with van der Waals surface area (Å²) in [4.78, 5) is 15.3. The molecule has 0 aromatic heterocycles. The SMILES string of the molecule is CC(C)N=C(N/C(=N/S(=O)(=O)c1ccccc1)c1ccccc1)c1cccc([N+](=O)[O-])c1. The topological polar surface area (TPSA) is 114 Å². The fourth-order valence-corrected chi connectivity index (χ4v) is 3.82. The molecule has 0 amide bonds. The molecule has 3 aromatic rings. The number of non-ortho nitro benzene ring substituents is 1. The Morgan fingerprint density at radius 3 is 2.06 bits per heavy atom. The van der Waals surface area contributed by atoms with Crippen LogP contribution in [-0.2, 0) is 10.0 Å². The lowest BCUT2D eigenvalue weighted by Crippen LogP contribution is -2.33. The number of hydrogen-bond donors (Lipinski definition) is 1. The van der Waals surface area contributed by atoms with Crippen molar-refractivity contribution in [3.63, 3.8) is 0 Å². The van der Waals surface area contributed by atoms with Gasteiger partial charge in [-0.3, -0.25) is 15.1 Å². The highest BCUT2D eigenvalue weighted by molar-refractivity contribution is 7.90. The van der Waals surface area contributed by atoms with Crippen molar-refractivity contribution in [3.8, 4) is 0 Å². The molecule has 164 valence electrons. The molecular weight excluding hydrogens is 428 g/mol. The Kier molecular flexibility index (Phi) is 7.11. The highest BCUT2D eigenvalue weighted by atomic mass is 32.2. The van der Waals surface area contributed by atoms with E-state index >= 15 is 0 Å². The summed E-state index contributed by atoms with van der Waals surface area (Å²) in [6.07, 6.45) is 0. The molecular formula is C23H22N4O4S. The van der Waals surface area contributed by atoms with E-state index in [-0.39, 0.29) is 28.3 Å². The molecule has 0 bridgehead atoms. The van der Waals surface area contributed by atoms with Crippen LogP contribution in [0.2, 0.25) is 0 Å². The van der Waals surface area contributed by atoms with Crippen molar-refractivity contribution in [1.82, 2.24) is 5.32 Å². The van der Waals surface area contributed by atoms with Gasteiger partial charge in [0.05, 0.1) is 9.82 Å². The minimum Gasteiger partial charge on any atom is -0.324 e. The van der Waals surface area contributed by atoms with Gasteiger partial charge in [0.2, 0.25) is 0 Å². The predicted octanol–water partition coefficient (Wildman–Crippen LogP) is 4.18. The van der Waals surface area contributed by atoms with Crippen molar-refractivity contribution in [1.29, 1.82) is 0 Å². The Bertz CT molecular complexity index is 1260. The zero-order valence-corrected chi connectivity index (χ0v) is 18.4. The molecule has 0 unspecified atom stereocenters. The molecule has 8 nitrogen and oxygen atoms in total. The smallest absolute Gasteiger partial charge is 0.284 e. The van der Waals surface area contributed by atoms with Gasteiger partial charge in [0, 0.05) is 29.3 Å². The van der Waals surface area contributed by atoms with Crippen LogP contribution in [0.25, 0.3) is 0 Å². The highest BCUT2D eigenvalue weighted by Gasteiger charge is 2.18. The maximum atomic E-state index is 12.9. The van der Waals surface area contributed by atoms with Crippen molar-refractivity contribution in [3.05, 3.63) is 106 Å². The maximum Gasteiger partial charge on any atom is 0.284 e. The van der Waals surface area contributed by atoms with Crippen LogP contribution < -0.4 is 5.32 Å². The number of hydrogen-bond acceptors (Lipinski definition) is 5. The van der Waals surface area contributed by atoms with Gasteiger partial charge in [-0.15, -0.1) is 4.40 Å². The van der Waals surface area contributed by atoms with E-state index < -0.39 is 14.9 Å². The Morgan fingerprint density at radius 2 is 1.47 bits per heavy atom. The van der Waals surface area contributed by atoms with Gasteiger partial charge in [-0.2, -0.15) is 8.42 Å². The summed E-state index contributed by atoms with van der Waals surface area (Å²) >= 11 is 0. The minimum absolute atomic E-state index is 0.0490. The summed E-state index contributed by atoms with van der Waals surface area (Å²) in [5, 5.41) is 14.2. The Hall–Kier alpha value is -3.85. The van der Waals surface area contributed by atoms with Gasteiger partial charge >= 0.3 is 0 Å². The second kappa shape index (κ2) is 9.97. The second-order valence-electron chi connectivity index (χ2n) is 7.10. The number of sulfonamides is 1. The maximum absolute atomic E-state index is 12.9. The van der Waals surface area contributed by atoms with Crippen LogP contribution >= 0.6 is 0 Å². The van der Waals surface area contributed by atoms with Crippen molar-refractivity contribution in [2.75, 3.05) is 0 Å². The lowest BCUT2D eigenvalue weighted by molar-refractivity contribution is -0.384. The number of nitrogens with one attached hydrogen (secondary N) is 1. The molecule has 0 radical (unpaired) electrons. The molecule has 0 aliphatic carbocycles. The lowest BCUT2D eigenvalue weighted by atomic mass is 10.1. The first kappa shape index (κ1) is 22.8. The number of amidine groups is 2. The first-order valence-corrected chi connectivity index (χ1v) is 11.3. The number of nitro groups is 1. The quantitative estimate of drug-likeness (QED) is 0.262. The summed E-state index contributed by atoms with van der Waals surface area (Å²) in [7, 11) is -4.02. The largest absolute Gasteiger partial charge is 0.324 e. The van der Waals surface area contributed by atoms with Crippen molar-refractivity contribution < 1.29 is 13.3 Å². The molecule has 0 saturated heterocycles. The number of benzene rings is 3. The van der Waals surface area contributed by atoms with E-state index in [9.17, 15) is 18.5 Å². The van der Waals surface area contributed by atoms with Crippen LogP contribution in [0, 0.1) is 10.1 Å². The Labute approximate surface area is 186 Å². The molecule has 0 saturated carbocycles. The van der Waals surface area contributed by atoms with E-state index in [0.717, 1.165) is 0 Å². The van der Waals surface area contributed by atoms with E-state index in [0.29, 0.717) is 11.1 Å². The minimum atomic E-state index is -4.02. The molecule has 0 fully saturated rings. The zero-order valence-electron chi connectivity index (χ0n) is 17.5. The molecule has 9 heteroatoms. The summed E-state index contributed by atoms with van der Waals surface area (Å²) in [5.41, 5.74) is 0.860. The Balaban J connectivity index is 2.12. The molecule has 1 N–H and O–H groups in total. The monoisotopic (exact) mass is 450 g/mol. The molecule has 3 rings (SSSR count). The average Bonchev–Trinajstić information content (AvgIpc) is 2.79. The normalized spacial score (nSPS) is 12.6. The van der Waals surface area contributed by atoms with E-state index in [1.54, 1.807) is 60.7 Å². The van der Waals surface area contributed by atoms with Crippen LogP contribution in [0.15, 0.2) is 99.2 Å². The summed E-state index contributed by atoms with van der Waals surface area (Å²) in [6.45, 7) is 3.69. The van der Waals surface area contributed by atoms with E-state index in [4.69, 9.17) is 0 Å². The van der Waals surface area contributed by atoms with Crippen molar-refractivity contribution >= 4 is 27.4 Å². The van der Waals surface area contributed by atoms with Crippen molar-refractivity contribution in [2.24, 2.45) is 9.39 Å². The zero-order chi connectivity index (χ0) is 23.1. The van der Waals surface area contributed by atoms with Crippen molar-refractivity contribution in [2.45, 2.75) is 24.8 Å². The van der Waals surface area contributed by atoms with Gasteiger partial charge in [0.25, 0.3) is 15.7 Å². The second-order valence-corrected chi connectivity index (χ2v) is 8.70. The van der Waals surface area contributed by atoms with Gasteiger partial charge < -0.3 is 5.32 Å². The molecule has 0 heterocycles. The molecule has 0 atom stereocenters. The molecule has 3 aromatic carbocycles. The van der Waals surface area contributed by atoms with Crippen LogP contribution in [0.1, 0.15) is 25.0 Å². The predicted molar refractivity (Wildman–Crippen MR) is 125 cm³/mol. The van der Waals surface area contributed by atoms with Gasteiger partial charge in [-0.05, 0) is 26.0 Å². The third-order valence-electron chi connectivity index (χ3n) is 4.25. The number of nitro benzene ring substituents is 1. The fourth-order valence-electron chi connectivity index (χ4n) is 2.83. The summed E-state index contributed by atoms with van der Waals surface area (Å²) < 4.78 is 29.9. The fraction of sp³-hybridized carbons (Fsp3) is 0.130. The number of rotatable bonds is 6. The summed E-state index contributed by atoms with van der Waals surface area (Å²) in [6, 6.07) is 22.4. The first-order chi connectivity index (χ1) is 15.3. The van der Waals surface area contributed by atoms with Crippen LogP contribution in [-0.4, -0.2) is 31.1 Å². The van der Waals surface area contributed by atoms with Crippen LogP contribution in [0.5, 0.6) is 0 Å². The first-order valence-electron chi connectivity index (χ1n) is 9.81. The highest BCUT2D eigenvalue weighted by Crippen LogP contribution is 2.16. The van der Waals surface area contributed by atoms with Crippen LogP contribution in [0.4, 0.5) is 5.69 Å². The third kappa shape index (κ3) is 5.86. The molecule has 0 aliphatic rings. The van der Waals surface area contributed by atoms with E-state index in [2.05, 4.69) is 14.7 Å². The Morgan fingerprint density at radius 1 is 0.875 bits per heavy atom. The van der Waals surface area contributed by atoms with Gasteiger partial charge in [-0.25, -0.2) is 0 Å². The van der Waals surface area contributed by atoms with Gasteiger partial charge in [-0.1, -0.05) is 60.7 Å². The lowest BCUT2D eigenvalue weighted by Gasteiger charge is -2.14. The van der Waals surface area contributed by atoms with Gasteiger partial charge in [0.15, 0.2) is 5.84 Å². The number of nitrogens with zero attached hydrogens (tertiary/aromatic N) is 3. The molecule has 32 heavy (non-hydrogen) atoms. The van der Waals surface area contributed by atoms with E-state index in [1.807, 2.05) is 13.8 Å². The standard InChI is InChI=1S/C23H22N4O4S/c1-17(2)24-22(19-12-9-13-20(16-19)27(28)29)25-23(18-10-5-3-6-11-18)26-32(30,31)21-14-7-4-8-15-21/h3-17H,1-2H3,(H,24,25,26). The third-order valence-corrected chi connectivity index (χ3v) is 5.55. The number of aliphatic imine (C=N–C) groups is 1. The van der Waals surface area contributed by atoms with Gasteiger partial charge in [0.1, 0.15) is 5.84 Å². The average molecular weight is 451 g/mol. The van der Waals surface area contributed by atoms with E-state index in [1.165, 1.54) is 24.3 Å². The molecule has 0 spiro atoms. The summed E-state index contributed by atoms with van der Waals surface area (Å²) in [5.74, 6) is 0.329. The molecule has 0 aliphatic heterocycles. The van der Waals surface area contributed by atoms with Crippen LogP contribution in [0.3, 0.4) is 0 Å².